The first-order chi connectivity index (χ1) is 9.70. The van der Waals surface area contributed by atoms with Crippen LogP contribution in [0, 0.1) is 5.92 Å². The second-order valence-corrected chi connectivity index (χ2v) is 6.05. The largest absolute Gasteiger partial charge is 0.321 e. The van der Waals surface area contributed by atoms with E-state index in [1.807, 2.05) is 11.6 Å². The van der Waals surface area contributed by atoms with Gasteiger partial charge in [0.2, 0.25) is 0 Å². The maximum atomic E-state index is 4.13. The average molecular weight is 279 g/mol. The van der Waals surface area contributed by atoms with Gasteiger partial charge in [0.25, 0.3) is 0 Å². The van der Waals surface area contributed by atoms with E-state index in [0.717, 1.165) is 24.7 Å². The lowest BCUT2D eigenvalue weighted by Crippen LogP contribution is -2.45. The van der Waals surface area contributed by atoms with Crippen molar-refractivity contribution in [3.05, 3.63) is 12.2 Å². The molecule has 2 atom stereocenters. The molecule has 114 valence electrons. The SMILES string of the molecule is CCCN1CCCC(C(C)NCCc2nncn2C)C1. The Balaban J connectivity index is 1.71. The highest BCUT2D eigenvalue weighted by atomic mass is 15.2. The number of nitrogens with one attached hydrogen (secondary N) is 1. The Labute approximate surface area is 122 Å². The molecule has 0 aromatic carbocycles. The third kappa shape index (κ3) is 4.28. The van der Waals surface area contributed by atoms with Crippen molar-refractivity contribution in [3.8, 4) is 0 Å². The van der Waals surface area contributed by atoms with Crippen molar-refractivity contribution in [1.82, 2.24) is 25.0 Å². The topological polar surface area (TPSA) is 46.0 Å². The summed E-state index contributed by atoms with van der Waals surface area (Å²) in [6, 6.07) is 0.586. The summed E-state index contributed by atoms with van der Waals surface area (Å²) in [7, 11) is 2.00. The van der Waals surface area contributed by atoms with Gasteiger partial charge in [-0.05, 0) is 45.2 Å². The number of hydrogen-bond donors (Lipinski definition) is 1. The molecule has 1 aromatic rings. The van der Waals surface area contributed by atoms with Gasteiger partial charge >= 0.3 is 0 Å². The number of aryl methyl sites for hydroxylation is 1. The van der Waals surface area contributed by atoms with Crippen molar-refractivity contribution >= 4 is 0 Å². The lowest BCUT2D eigenvalue weighted by atomic mass is 9.91. The fourth-order valence-corrected chi connectivity index (χ4v) is 3.13. The first kappa shape index (κ1) is 15.4. The third-order valence-electron chi connectivity index (χ3n) is 4.41. The van der Waals surface area contributed by atoms with Gasteiger partial charge in [0.15, 0.2) is 0 Å². The summed E-state index contributed by atoms with van der Waals surface area (Å²) in [5, 5.41) is 11.7. The fraction of sp³-hybridized carbons (Fsp3) is 0.867. The van der Waals surface area contributed by atoms with E-state index in [0.29, 0.717) is 6.04 Å². The first-order valence-electron chi connectivity index (χ1n) is 7.99. The molecule has 0 spiro atoms. The predicted octanol–water partition coefficient (Wildman–Crippen LogP) is 1.46. The van der Waals surface area contributed by atoms with E-state index < -0.39 is 0 Å². The van der Waals surface area contributed by atoms with Crippen LogP contribution in [0.5, 0.6) is 0 Å². The molecule has 1 N–H and O–H groups in total. The minimum absolute atomic E-state index is 0.586. The average Bonchev–Trinajstić information content (AvgIpc) is 2.85. The summed E-state index contributed by atoms with van der Waals surface area (Å²) < 4.78 is 2.00. The maximum absolute atomic E-state index is 4.13. The van der Waals surface area contributed by atoms with Crippen LogP contribution in [0.2, 0.25) is 0 Å². The molecule has 0 saturated carbocycles. The summed E-state index contributed by atoms with van der Waals surface area (Å²) in [5.41, 5.74) is 0. The van der Waals surface area contributed by atoms with Gasteiger partial charge in [-0.25, -0.2) is 0 Å². The fourth-order valence-electron chi connectivity index (χ4n) is 3.13. The lowest BCUT2D eigenvalue weighted by molar-refractivity contribution is 0.151. The van der Waals surface area contributed by atoms with E-state index in [-0.39, 0.29) is 0 Å². The van der Waals surface area contributed by atoms with E-state index in [1.165, 1.54) is 38.9 Å². The number of likely N-dealkylation sites (tertiary alicyclic amines) is 1. The highest BCUT2D eigenvalue weighted by Gasteiger charge is 2.23. The molecule has 1 saturated heterocycles. The molecule has 0 amide bonds. The van der Waals surface area contributed by atoms with E-state index in [2.05, 4.69) is 34.3 Å². The minimum Gasteiger partial charge on any atom is -0.321 e. The zero-order chi connectivity index (χ0) is 14.4. The van der Waals surface area contributed by atoms with Gasteiger partial charge in [-0.1, -0.05) is 6.92 Å². The quantitative estimate of drug-likeness (QED) is 0.821. The molecule has 1 aliphatic rings. The molecule has 1 aliphatic heterocycles. The standard InChI is InChI=1S/C15H29N5/c1-4-9-20-10-5-6-14(11-20)13(2)16-8-7-15-18-17-12-19(15)3/h12-14,16H,4-11H2,1-3H3. The van der Waals surface area contributed by atoms with Crippen molar-refractivity contribution in [2.75, 3.05) is 26.2 Å². The number of aromatic nitrogens is 3. The van der Waals surface area contributed by atoms with E-state index in [4.69, 9.17) is 0 Å². The third-order valence-corrected chi connectivity index (χ3v) is 4.41. The van der Waals surface area contributed by atoms with Crippen LogP contribution in [0.3, 0.4) is 0 Å². The number of nitrogens with zero attached hydrogens (tertiary/aromatic N) is 4. The highest BCUT2D eigenvalue weighted by molar-refractivity contribution is 4.86. The highest BCUT2D eigenvalue weighted by Crippen LogP contribution is 2.19. The molecule has 5 heteroatoms. The summed E-state index contributed by atoms with van der Waals surface area (Å²) in [6.45, 7) is 9.38. The molecular weight excluding hydrogens is 250 g/mol. The Bertz CT molecular complexity index is 387. The Morgan fingerprint density at radius 1 is 1.50 bits per heavy atom. The van der Waals surface area contributed by atoms with Crippen molar-refractivity contribution in [3.63, 3.8) is 0 Å². The van der Waals surface area contributed by atoms with Crippen molar-refractivity contribution in [2.24, 2.45) is 13.0 Å². The van der Waals surface area contributed by atoms with Crippen LogP contribution in [-0.2, 0) is 13.5 Å². The number of piperidine rings is 1. The summed E-state index contributed by atoms with van der Waals surface area (Å²) in [5.74, 6) is 1.84. The second kappa shape index (κ2) is 7.74. The smallest absolute Gasteiger partial charge is 0.133 e. The van der Waals surface area contributed by atoms with Crippen molar-refractivity contribution in [1.29, 1.82) is 0 Å². The van der Waals surface area contributed by atoms with Crippen LogP contribution in [0.1, 0.15) is 38.9 Å². The number of rotatable bonds is 7. The predicted molar refractivity (Wildman–Crippen MR) is 81.6 cm³/mol. The summed E-state index contributed by atoms with van der Waals surface area (Å²) in [4.78, 5) is 2.62. The molecule has 0 radical (unpaired) electrons. The lowest BCUT2D eigenvalue weighted by Gasteiger charge is -2.36. The zero-order valence-electron chi connectivity index (χ0n) is 13.2. The van der Waals surface area contributed by atoms with E-state index in [1.54, 1.807) is 6.33 Å². The normalized spacial score (nSPS) is 22.1. The van der Waals surface area contributed by atoms with E-state index >= 15 is 0 Å². The Kier molecular flexibility index (Phi) is 5.98. The Morgan fingerprint density at radius 3 is 3.05 bits per heavy atom. The van der Waals surface area contributed by atoms with Crippen LogP contribution >= 0.6 is 0 Å². The molecule has 0 bridgehead atoms. The van der Waals surface area contributed by atoms with Gasteiger partial charge in [0.1, 0.15) is 12.2 Å². The van der Waals surface area contributed by atoms with Gasteiger partial charge in [-0.15, -0.1) is 10.2 Å². The molecule has 1 fully saturated rings. The zero-order valence-corrected chi connectivity index (χ0v) is 13.2. The van der Waals surface area contributed by atoms with E-state index in [9.17, 15) is 0 Å². The van der Waals surface area contributed by atoms with Crippen LogP contribution in [0.15, 0.2) is 6.33 Å². The molecular formula is C15H29N5. The minimum atomic E-state index is 0.586. The summed E-state index contributed by atoms with van der Waals surface area (Å²) >= 11 is 0. The molecule has 2 rings (SSSR count). The van der Waals surface area contributed by atoms with Crippen LogP contribution in [-0.4, -0.2) is 51.9 Å². The van der Waals surface area contributed by atoms with Crippen LogP contribution in [0.4, 0.5) is 0 Å². The van der Waals surface area contributed by atoms with Gasteiger partial charge < -0.3 is 14.8 Å². The monoisotopic (exact) mass is 279 g/mol. The van der Waals surface area contributed by atoms with Crippen molar-refractivity contribution < 1.29 is 0 Å². The van der Waals surface area contributed by atoms with Crippen LogP contribution in [0.25, 0.3) is 0 Å². The molecule has 2 unspecified atom stereocenters. The van der Waals surface area contributed by atoms with Gasteiger partial charge in [0, 0.05) is 32.6 Å². The Morgan fingerprint density at radius 2 is 2.35 bits per heavy atom. The Hall–Kier alpha value is -0.940. The molecule has 20 heavy (non-hydrogen) atoms. The molecule has 2 heterocycles. The first-order valence-corrected chi connectivity index (χ1v) is 7.99. The van der Waals surface area contributed by atoms with Gasteiger partial charge in [0.05, 0.1) is 0 Å². The maximum Gasteiger partial charge on any atom is 0.133 e. The van der Waals surface area contributed by atoms with Crippen molar-refractivity contribution in [2.45, 2.75) is 45.6 Å². The second-order valence-electron chi connectivity index (χ2n) is 6.05. The summed E-state index contributed by atoms with van der Waals surface area (Å²) in [6.07, 6.45) is 6.69. The molecule has 1 aromatic heterocycles. The van der Waals surface area contributed by atoms with Gasteiger partial charge in [-0.3, -0.25) is 0 Å². The van der Waals surface area contributed by atoms with Gasteiger partial charge in [-0.2, -0.15) is 0 Å². The molecule has 5 nitrogen and oxygen atoms in total. The van der Waals surface area contributed by atoms with Crippen LogP contribution < -0.4 is 5.32 Å². The number of hydrogen-bond acceptors (Lipinski definition) is 4. The molecule has 0 aliphatic carbocycles.